The molecule has 1 aliphatic carbocycles. The summed E-state index contributed by atoms with van der Waals surface area (Å²) in [5, 5.41) is 11.7. The number of likely N-dealkylation sites (tertiary alicyclic amines) is 1. The first-order chi connectivity index (χ1) is 11.7. The van der Waals surface area contributed by atoms with E-state index >= 15 is 0 Å². The second-order valence-electron chi connectivity index (χ2n) is 7.02. The van der Waals surface area contributed by atoms with E-state index in [1.165, 1.54) is 41.7 Å². The quantitative estimate of drug-likeness (QED) is 0.925. The van der Waals surface area contributed by atoms with E-state index in [-0.39, 0.29) is 5.69 Å². The topological polar surface area (TPSA) is 53.4 Å². The van der Waals surface area contributed by atoms with Crippen LogP contribution in [0, 0.1) is 5.92 Å². The van der Waals surface area contributed by atoms with Crippen LogP contribution >= 0.6 is 11.3 Å². The molecule has 0 amide bonds. The lowest BCUT2D eigenvalue weighted by atomic mass is 9.96. The van der Waals surface area contributed by atoms with Crippen LogP contribution in [-0.2, 0) is 12.8 Å². The highest BCUT2D eigenvalue weighted by Gasteiger charge is 2.28. The number of nitrogens with zero attached hydrogens (tertiary/aromatic N) is 2. The molecule has 1 unspecified atom stereocenters. The van der Waals surface area contributed by atoms with E-state index in [1.54, 1.807) is 5.38 Å². The molecule has 1 aromatic heterocycles. The Morgan fingerprint density at radius 3 is 2.71 bits per heavy atom. The maximum Gasteiger partial charge on any atom is 0.355 e. The number of hydrogen-bond donors (Lipinski definition) is 1. The first-order valence-electron chi connectivity index (χ1n) is 8.67. The lowest BCUT2D eigenvalue weighted by molar-refractivity contribution is 0.0691. The van der Waals surface area contributed by atoms with Crippen molar-refractivity contribution in [3.05, 3.63) is 51.5 Å². The molecule has 5 heteroatoms. The number of rotatable bonds is 4. The van der Waals surface area contributed by atoms with Crippen LogP contribution in [0.15, 0.2) is 29.6 Å². The van der Waals surface area contributed by atoms with E-state index in [9.17, 15) is 4.79 Å². The highest BCUT2D eigenvalue weighted by molar-refractivity contribution is 7.09. The van der Waals surface area contributed by atoms with Gasteiger partial charge in [-0.1, -0.05) is 24.3 Å². The number of carboxylic acids is 1. The van der Waals surface area contributed by atoms with Crippen LogP contribution in [0.4, 0.5) is 0 Å². The number of piperidine rings is 1. The zero-order valence-corrected chi connectivity index (χ0v) is 14.5. The van der Waals surface area contributed by atoms with E-state index in [4.69, 9.17) is 5.11 Å². The van der Waals surface area contributed by atoms with Gasteiger partial charge in [0.1, 0.15) is 0 Å². The van der Waals surface area contributed by atoms with Gasteiger partial charge in [0.15, 0.2) is 5.69 Å². The minimum Gasteiger partial charge on any atom is -0.476 e. The molecule has 4 nitrogen and oxygen atoms in total. The van der Waals surface area contributed by atoms with Gasteiger partial charge < -0.3 is 10.0 Å². The van der Waals surface area contributed by atoms with Crippen LogP contribution in [0.25, 0.3) is 0 Å². The molecule has 0 saturated carbocycles. The molecule has 126 valence electrons. The fraction of sp³-hybridized carbons (Fsp3) is 0.474. The van der Waals surface area contributed by atoms with Gasteiger partial charge in [0.2, 0.25) is 0 Å². The monoisotopic (exact) mass is 342 g/mol. The largest absolute Gasteiger partial charge is 0.476 e. The summed E-state index contributed by atoms with van der Waals surface area (Å²) in [7, 11) is 0. The van der Waals surface area contributed by atoms with Crippen molar-refractivity contribution >= 4 is 17.3 Å². The third-order valence-electron chi connectivity index (χ3n) is 5.25. The van der Waals surface area contributed by atoms with Gasteiger partial charge in [0.05, 0.1) is 5.01 Å². The number of aromatic nitrogens is 1. The second kappa shape index (κ2) is 6.65. The van der Waals surface area contributed by atoms with Crippen molar-refractivity contribution in [2.24, 2.45) is 5.92 Å². The molecular formula is C19H22N2O2S. The minimum atomic E-state index is -0.922. The molecule has 1 N–H and O–H groups in total. The SMILES string of the molecule is O=C(O)c1csc(C2CCCN(CC3Cc4ccccc4C3)C2)n1. The van der Waals surface area contributed by atoms with Crippen LogP contribution in [0.2, 0.25) is 0 Å². The van der Waals surface area contributed by atoms with Crippen LogP contribution in [0.1, 0.15) is 45.4 Å². The van der Waals surface area contributed by atoms with Gasteiger partial charge in [-0.25, -0.2) is 9.78 Å². The number of hydrogen-bond acceptors (Lipinski definition) is 4. The molecule has 2 aliphatic rings. The summed E-state index contributed by atoms with van der Waals surface area (Å²) in [5.74, 6) is 0.182. The van der Waals surface area contributed by atoms with Crippen molar-refractivity contribution in [2.75, 3.05) is 19.6 Å². The number of carbonyl (C=O) groups is 1. The smallest absolute Gasteiger partial charge is 0.355 e. The fourth-order valence-corrected chi connectivity index (χ4v) is 5.06. The average Bonchev–Trinajstić information content (AvgIpc) is 3.21. The number of carboxylic acid groups (broad SMARTS) is 1. The average molecular weight is 342 g/mol. The Morgan fingerprint density at radius 2 is 2.04 bits per heavy atom. The highest BCUT2D eigenvalue weighted by atomic mass is 32.1. The van der Waals surface area contributed by atoms with Crippen LogP contribution in [0.3, 0.4) is 0 Å². The van der Waals surface area contributed by atoms with Gasteiger partial charge in [0.25, 0.3) is 0 Å². The summed E-state index contributed by atoms with van der Waals surface area (Å²) in [4.78, 5) is 17.9. The number of fused-ring (bicyclic) bond motifs is 1. The van der Waals surface area contributed by atoms with Gasteiger partial charge >= 0.3 is 5.97 Å². The Balaban J connectivity index is 1.38. The Bertz CT molecular complexity index is 717. The normalized spacial score (nSPS) is 21.8. The van der Waals surface area contributed by atoms with E-state index in [0.717, 1.165) is 31.1 Å². The standard InChI is InChI=1S/C19H22N2O2S/c22-19(23)17-12-24-18(20-17)16-6-3-7-21(11-16)10-13-8-14-4-1-2-5-15(14)9-13/h1-2,4-5,12-13,16H,3,6-11H2,(H,22,23). The van der Waals surface area contributed by atoms with Crippen LogP contribution in [-0.4, -0.2) is 40.6 Å². The Kier molecular flexibility index (Phi) is 4.37. The molecule has 0 spiro atoms. The third kappa shape index (κ3) is 3.23. The zero-order valence-electron chi connectivity index (χ0n) is 13.6. The summed E-state index contributed by atoms with van der Waals surface area (Å²) >= 11 is 1.50. The van der Waals surface area contributed by atoms with Crippen LogP contribution < -0.4 is 0 Å². The molecule has 0 bridgehead atoms. The minimum absolute atomic E-state index is 0.193. The Morgan fingerprint density at radius 1 is 1.29 bits per heavy atom. The van der Waals surface area contributed by atoms with Gasteiger partial charge in [-0.2, -0.15) is 0 Å². The van der Waals surface area contributed by atoms with E-state index in [1.807, 2.05) is 0 Å². The first kappa shape index (κ1) is 15.8. The second-order valence-corrected chi connectivity index (χ2v) is 7.91. The fourth-order valence-electron chi connectivity index (χ4n) is 4.14. The van der Waals surface area contributed by atoms with E-state index in [2.05, 4.69) is 34.1 Å². The Labute approximate surface area is 146 Å². The molecule has 24 heavy (non-hydrogen) atoms. The summed E-state index contributed by atoms with van der Waals surface area (Å²) < 4.78 is 0. The molecular weight excluding hydrogens is 320 g/mol. The van der Waals surface area contributed by atoms with Crippen molar-refractivity contribution in [3.8, 4) is 0 Å². The Hall–Kier alpha value is -1.72. The molecule has 1 aliphatic heterocycles. The third-order valence-corrected chi connectivity index (χ3v) is 6.26. The lowest BCUT2D eigenvalue weighted by Crippen LogP contribution is -2.38. The molecule has 1 fully saturated rings. The predicted octanol–water partition coefficient (Wildman–Crippen LogP) is 3.44. The molecule has 1 saturated heterocycles. The van der Waals surface area contributed by atoms with Gasteiger partial charge in [-0.3, -0.25) is 0 Å². The van der Waals surface area contributed by atoms with E-state index in [0.29, 0.717) is 11.8 Å². The molecule has 0 radical (unpaired) electrons. The van der Waals surface area contributed by atoms with E-state index < -0.39 is 5.97 Å². The summed E-state index contributed by atoms with van der Waals surface area (Å²) in [6, 6.07) is 8.80. The summed E-state index contributed by atoms with van der Waals surface area (Å²) in [5.41, 5.74) is 3.22. The van der Waals surface area contributed by atoms with Crippen molar-refractivity contribution in [2.45, 2.75) is 31.6 Å². The summed E-state index contributed by atoms with van der Waals surface area (Å²) in [6.45, 7) is 3.31. The number of aromatic carboxylic acids is 1. The maximum atomic E-state index is 11.0. The zero-order chi connectivity index (χ0) is 16.5. The van der Waals surface area contributed by atoms with Crippen molar-refractivity contribution in [1.29, 1.82) is 0 Å². The molecule has 2 heterocycles. The number of benzene rings is 1. The lowest BCUT2D eigenvalue weighted by Gasteiger charge is -2.33. The van der Waals surface area contributed by atoms with Crippen molar-refractivity contribution in [1.82, 2.24) is 9.88 Å². The van der Waals surface area contributed by atoms with Crippen molar-refractivity contribution < 1.29 is 9.90 Å². The molecule has 1 atom stereocenters. The number of thiazole rings is 1. The van der Waals surface area contributed by atoms with Crippen molar-refractivity contribution in [3.63, 3.8) is 0 Å². The molecule has 4 rings (SSSR count). The molecule has 1 aromatic carbocycles. The van der Waals surface area contributed by atoms with Gasteiger partial charge in [0, 0.05) is 24.4 Å². The van der Waals surface area contributed by atoms with Crippen LogP contribution in [0.5, 0.6) is 0 Å². The van der Waals surface area contributed by atoms with Gasteiger partial charge in [-0.15, -0.1) is 11.3 Å². The highest BCUT2D eigenvalue weighted by Crippen LogP contribution is 2.32. The molecule has 2 aromatic rings. The predicted molar refractivity (Wildman–Crippen MR) is 94.8 cm³/mol. The summed E-state index contributed by atoms with van der Waals surface area (Å²) in [6.07, 6.45) is 4.68. The first-order valence-corrected chi connectivity index (χ1v) is 9.55. The maximum absolute atomic E-state index is 11.0. The van der Waals surface area contributed by atoms with Gasteiger partial charge in [-0.05, 0) is 49.3 Å².